The lowest BCUT2D eigenvalue weighted by Crippen LogP contribution is -2.25. The van der Waals surface area contributed by atoms with Crippen molar-refractivity contribution in [3.8, 4) is 0 Å². The van der Waals surface area contributed by atoms with E-state index in [4.69, 9.17) is 4.74 Å². The van der Waals surface area contributed by atoms with Crippen molar-refractivity contribution in [2.45, 2.75) is 37.2 Å². The molecule has 0 bridgehead atoms. The van der Waals surface area contributed by atoms with Crippen LogP contribution in [0.15, 0.2) is 47.4 Å². The van der Waals surface area contributed by atoms with Gasteiger partial charge in [-0.15, -0.1) is 0 Å². The van der Waals surface area contributed by atoms with Crippen LogP contribution in [0.3, 0.4) is 0 Å². The predicted molar refractivity (Wildman–Crippen MR) is 100 cm³/mol. The Morgan fingerprint density at radius 2 is 1.78 bits per heavy atom. The Labute approximate surface area is 158 Å². The van der Waals surface area contributed by atoms with Crippen LogP contribution in [-0.2, 0) is 27.6 Å². The molecule has 0 unspecified atom stereocenters. The van der Waals surface area contributed by atoms with Gasteiger partial charge < -0.3 is 4.74 Å². The van der Waals surface area contributed by atoms with Crippen LogP contribution in [0.25, 0.3) is 0 Å². The summed E-state index contributed by atoms with van der Waals surface area (Å²) in [6.07, 6.45) is 2.10. The van der Waals surface area contributed by atoms with E-state index in [1.54, 1.807) is 6.07 Å². The molecule has 0 spiro atoms. The minimum absolute atomic E-state index is 0.0444. The summed E-state index contributed by atoms with van der Waals surface area (Å²) in [6, 6.07) is 11.1. The van der Waals surface area contributed by atoms with E-state index in [1.807, 2.05) is 12.1 Å². The first kappa shape index (κ1) is 19.3. The smallest absolute Gasteiger partial charge is 0.338 e. The highest BCUT2D eigenvalue weighted by Gasteiger charge is 2.23. The Hall–Kier alpha value is -2.51. The molecule has 1 aliphatic carbocycles. The minimum atomic E-state index is -3.67. The zero-order chi connectivity index (χ0) is 19.6. The number of esters is 1. The molecule has 2 aromatic carbocycles. The van der Waals surface area contributed by atoms with Crippen LogP contribution in [0, 0.1) is 0 Å². The van der Waals surface area contributed by atoms with E-state index in [-0.39, 0.29) is 16.2 Å². The van der Waals surface area contributed by atoms with E-state index in [0.717, 1.165) is 19.3 Å². The zero-order valence-electron chi connectivity index (χ0n) is 15.2. The number of ketones is 1. The summed E-state index contributed by atoms with van der Waals surface area (Å²) in [5, 5.41) is 0. The highest BCUT2D eigenvalue weighted by Crippen LogP contribution is 2.24. The maximum absolute atomic E-state index is 12.6. The first-order valence-electron chi connectivity index (χ1n) is 8.72. The number of sulfonamides is 1. The van der Waals surface area contributed by atoms with Gasteiger partial charge in [0.2, 0.25) is 15.8 Å². The van der Waals surface area contributed by atoms with Crippen LogP contribution < -0.4 is 4.72 Å². The van der Waals surface area contributed by atoms with Gasteiger partial charge in [-0.3, -0.25) is 4.79 Å². The number of aryl methyl sites for hydroxylation is 2. The van der Waals surface area contributed by atoms with Gasteiger partial charge in [0.1, 0.15) is 0 Å². The van der Waals surface area contributed by atoms with Gasteiger partial charge >= 0.3 is 5.97 Å². The molecule has 1 aliphatic rings. The second-order valence-corrected chi connectivity index (χ2v) is 8.37. The van der Waals surface area contributed by atoms with Gasteiger partial charge in [0.05, 0.1) is 10.5 Å². The lowest BCUT2D eigenvalue weighted by atomic mass is 10.0. The van der Waals surface area contributed by atoms with E-state index in [9.17, 15) is 18.0 Å². The lowest BCUT2D eigenvalue weighted by Gasteiger charge is -2.13. The summed E-state index contributed by atoms with van der Waals surface area (Å²) in [4.78, 5) is 24.9. The minimum Gasteiger partial charge on any atom is -0.451 e. The largest absolute Gasteiger partial charge is 0.451 e. The average molecular weight is 387 g/mol. The molecule has 1 N–H and O–H groups in total. The molecule has 1 atom stereocenters. The Kier molecular flexibility index (Phi) is 5.43. The highest BCUT2D eigenvalue weighted by molar-refractivity contribution is 7.89. The molecule has 0 radical (unpaired) electrons. The summed E-state index contributed by atoms with van der Waals surface area (Å²) in [5.74, 6) is -1.03. The van der Waals surface area contributed by atoms with Gasteiger partial charge in [-0.05, 0) is 68.6 Å². The topological polar surface area (TPSA) is 89.5 Å². The molecule has 0 heterocycles. The molecule has 6 nitrogen and oxygen atoms in total. The van der Waals surface area contributed by atoms with E-state index in [1.165, 1.54) is 49.4 Å². The number of Topliss-reactive ketones (excluding diaryl/α,β-unsaturated/α-hetero) is 1. The number of carbonyl (C=O) groups is 2. The third kappa shape index (κ3) is 4.09. The number of nitrogens with one attached hydrogen (secondary N) is 1. The molecular formula is C20H21NO5S. The van der Waals surface area contributed by atoms with Crippen LogP contribution in [0.2, 0.25) is 0 Å². The van der Waals surface area contributed by atoms with Gasteiger partial charge in [-0.1, -0.05) is 18.2 Å². The SMILES string of the molecule is CNS(=O)(=O)c1cccc(C(=O)O[C@@H](C)C(=O)c2ccc3c(c2)CCC3)c1. The van der Waals surface area contributed by atoms with Gasteiger partial charge in [-0.25, -0.2) is 17.9 Å². The second kappa shape index (κ2) is 7.62. The fraction of sp³-hybridized carbons (Fsp3) is 0.300. The predicted octanol–water partition coefficient (Wildman–Crippen LogP) is 2.51. The summed E-state index contributed by atoms with van der Waals surface area (Å²) >= 11 is 0. The maximum atomic E-state index is 12.6. The van der Waals surface area contributed by atoms with Crippen molar-refractivity contribution in [1.29, 1.82) is 0 Å². The van der Waals surface area contributed by atoms with Crippen LogP contribution >= 0.6 is 0 Å². The van der Waals surface area contributed by atoms with Gasteiger partial charge in [-0.2, -0.15) is 0 Å². The van der Waals surface area contributed by atoms with Gasteiger partial charge in [0.25, 0.3) is 0 Å². The molecule has 3 rings (SSSR count). The molecule has 7 heteroatoms. The van der Waals surface area contributed by atoms with Crippen molar-refractivity contribution in [1.82, 2.24) is 4.72 Å². The molecule has 0 aliphatic heterocycles. The summed E-state index contributed by atoms with van der Waals surface area (Å²) in [6.45, 7) is 1.52. The summed E-state index contributed by atoms with van der Waals surface area (Å²) < 4.78 is 31.2. The first-order chi connectivity index (χ1) is 12.8. The number of benzene rings is 2. The lowest BCUT2D eigenvalue weighted by molar-refractivity contribution is 0.0318. The Morgan fingerprint density at radius 1 is 1.04 bits per heavy atom. The Bertz CT molecular complexity index is 997. The number of rotatable bonds is 6. The van der Waals surface area contributed by atoms with E-state index >= 15 is 0 Å². The molecular weight excluding hydrogens is 366 g/mol. The maximum Gasteiger partial charge on any atom is 0.338 e. The fourth-order valence-electron chi connectivity index (χ4n) is 3.15. The van der Waals surface area contributed by atoms with Crippen molar-refractivity contribution in [2.75, 3.05) is 7.05 Å². The molecule has 2 aromatic rings. The number of fused-ring (bicyclic) bond motifs is 1. The molecule has 0 saturated carbocycles. The van der Waals surface area contributed by atoms with Crippen LogP contribution in [0.5, 0.6) is 0 Å². The average Bonchev–Trinajstić information content (AvgIpc) is 3.15. The summed E-state index contributed by atoms with van der Waals surface area (Å²) in [7, 11) is -2.38. The first-order valence-corrected chi connectivity index (χ1v) is 10.2. The van der Waals surface area contributed by atoms with E-state index < -0.39 is 22.1 Å². The number of carbonyl (C=O) groups excluding carboxylic acids is 2. The van der Waals surface area contributed by atoms with Crippen molar-refractivity contribution < 1.29 is 22.7 Å². The van der Waals surface area contributed by atoms with Crippen molar-refractivity contribution in [3.63, 3.8) is 0 Å². The third-order valence-corrected chi connectivity index (χ3v) is 6.10. The highest BCUT2D eigenvalue weighted by atomic mass is 32.2. The van der Waals surface area contributed by atoms with E-state index in [0.29, 0.717) is 5.56 Å². The quantitative estimate of drug-likeness (QED) is 0.608. The number of ether oxygens (including phenoxy) is 1. The van der Waals surface area contributed by atoms with Gasteiger partial charge in [0.15, 0.2) is 6.10 Å². The molecule has 0 fully saturated rings. The zero-order valence-corrected chi connectivity index (χ0v) is 16.0. The fourth-order valence-corrected chi connectivity index (χ4v) is 3.93. The van der Waals surface area contributed by atoms with Crippen LogP contribution in [-0.4, -0.2) is 33.3 Å². The third-order valence-electron chi connectivity index (χ3n) is 4.68. The monoisotopic (exact) mass is 387 g/mol. The van der Waals surface area contributed by atoms with Crippen LogP contribution in [0.1, 0.15) is 45.2 Å². The standard InChI is InChI=1S/C20H21NO5S/c1-13(19(22)16-10-9-14-5-3-6-15(14)11-16)26-20(23)17-7-4-8-18(12-17)27(24,25)21-2/h4,7-13,21H,3,5-6H2,1-2H3/t13-/m0/s1. The van der Waals surface area contributed by atoms with Crippen molar-refractivity contribution in [3.05, 3.63) is 64.7 Å². The second-order valence-electron chi connectivity index (χ2n) is 6.48. The van der Waals surface area contributed by atoms with Crippen LogP contribution in [0.4, 0.5) is 0 Å². The molecule has 0 saturated heterocycles. The molecule has 27 heavy (non-hydrogen) atoms. The van der Waals surface area contributed by atoms with Crippen molar-refractivity contribution >= 4 is 21.8 Å². The molecule has 142 valence electrons. The molecule has 0 amide bonds. The molecule has 0 aromatic heterocycles. The summed E-state index contributed by atoms with van der Waals surface area (Å²) in [5.41, 5.74) is 3.02. The van der Waals surface area contributed by atoms with Crippen molar-refractivity contribution in [2.24, 2.45) is 0 Å². The van der Waals surface area contributed by atoms with Gasteiger partial charge in [0, 0.05) is 5.56 Å². The number of hydrogen-bond donors (Lipinski definition) is 1. The normalized spacial score (nSPS) is 14.4. The Balaban J connectivity index is 1.74. The number of hydrogen-bond acceptors (Lipinski definition) is 5. The van der Waals surface area contributed by atoms with E-state index in [2.05, 4.69) is 4.72 Å². The Morgan fingerprint density at radius 3 is 2.52 bits per heavy atom.